The molecule has 0 fully saturated rings. The molecule has 0 aliphatic carbocycles. The molecule has 0 aliphatic rings. The standard InChI is InChI=1S/C16H33N3O.HI/c1-5-6-7-8-11-14-19(3)16(17-2)18-13-10-9-12-15-20-4;/h5H,1,6-15H2,2-4H3,(H,17,18);1H. The first-order valence-electron chi connectivity index (χ1n) is 7.77. The zero-order valence-electron chi connectivity index (χ0n) is 14.1. The number of rotatable bonds is 12. The van der Waals surface area contributed by atoms with Gasteiger partial charge in [-0.1, -0.05) is 12.5 Å². The third-order valence-corrected chi connectivity index (χ3v) is 3.28. The number of methoxy groups -OCH3 is 1. The molecule has 0 heterocycles. The van der Waals surface area contributed by atoms with Gasteiger partial charge in [-0.05, 0) is 38.5 Å². The van der Waals surface area contributed by atoms with Crippen LogP contribution in [-0.2, 0) is 4.74 Å². The number of allylic oxidation sites excluding steroid dienone is 1. The highest BCUT2D eigenvalue weighted by atomic mass is 127. The highest BCUT2D eigenvalue weighted by Crippen LogP contribution is 2.01. The van der Waals surface area contributed by atoms with E-state index in [1.807, 2.05) is 13.1 Å². The van der Waals surface area contributed by atoms with E-state index in [4.69, 9.17) is 4.74 Å². The maximum absolute atomic E-state index is 5.04. The van der Waals surface area contributed by atoms with E-state index < -0.39 is 0 Å². The second kappa shape index (κ2) is 17.8. The summed E-state index contributed by atoms with van der Waals surface area (Å²) >= 11 is 0. The Kier molecular flexibility index (Phi) is 19.4. The first-order valence-corrected chi connectivity index (χ1v) is 7.77. The Morgan fingerprint density at radius 3 is 2.52 bits per heavy atom. The van der Waals surface area contributed by atoms with Gasteiger partial charge in [0, 0.05) is 40.9 Å². The summed E-state index contributed by atoms with van der Waals surface area (Å²) in [7, 11) is 5.71. The lowest BCUT2D eigenvalue weighted by molar-refractivity contribution is 0.192. The molecule has 0 atom stereocenters. The van der Waals surface area contributed by atoms with E-state index in [9.17, 15) is 0 Å². The quantitative estimate of drug-likeness (QED) is 0.175. The number of nitrogens with zero attached hydrogens (tertiary/aromatic N) is 2. The van der Waals surface area contributed by atoms with Crippen molar-refractivity contribution in [3.05, 3.63) is 12.7 Å². The Balaban J connectivity index is 0. The van der Waals surface area contributed by atoms with Crippen LogP contribution < -0.4 is 5.32 Å². The van der Waals surface area contributed by atoms with Crippen LogP contribution in [0.4, 0.5) is 0 Å². The number of hydrogen-bond acceptors (Lipinski definition) is 2. The van der Waals surface area contributed by atoms with E-state index in [1.54, 1.807) is 7.11 Å². The zero-order valence-corrected chi connectivity index (χ0v) is 16.4. The normalized spacial score (nSPS) is 10.9. The largest absolute Gasteiger partial charge is 0.385 e. The lowest BCUT2D eigenvalue weighted by atomic mass is 10.2. The van der Waals surface area contributed by atoms with Gasteiger partial charge in [0.2, 0.25) is 0 Å². The molecule has 1 N–H and O–H groups in total. The van der Waals surface area contributed by atoms with Crippen LogP contribution in [0, 0.1) is 0 Å². The fourth-order valence-electron chi connectivity index (χ4n) is 2.05. The summed E-state index contributed by atoms with van der Waals surface area (Å²) < 4.78 is 5.04. The molecule has 0 spiro atoms. The van der Waals surface area contributed by atoms with Gasteiger partial charge < -0.3 is 15.0 Å². The van der Waals surface area contributed by atoms with Crippen molar-refractivity contribution < 1.29 is 4.74 Å². The average molecular weight is 411 g/mol. The topological polar surface area (TPSA) is 36.9 Å². The molecule has 0 radical (unpaired) electrons. The van der Waals surface area contributed by atoms with E-state index in [-0.39, 0.29) is 24.0 Å². The van der Waals surface area contributed by atoms with E-state index in [0.717, 1.165) is 44.9 Å². The molecule has 0 saturated carbocycles. The predicted octanol–water partition coefficient (Wildman–Crippen LogP) is 3.67. The van der Waals surface area contributed by atoms with Crippen molar-refractivity contribution in [1.29, 1.82) is 0 Å². The van der Waals surface area contributed by atoms with Gasteiger partial charge in [-0.15, -0.1) is 30.6 Å². The van der Waals surface area contributed by atoms with Crippen molar-refractivity contribution in [1.82, 2.24) is 10.2 Å². The van der Waals surface area contributed by atoms with Crippen molar-refractivity contribution in [2.75, 3.05) is 40.9 Å². The number of guanidine groups is 1. The highest BCUT2D eigenvalue weighted by Gasteiger charge is 2.04. The van der Waals surface area contributed by atoms with Crippen LogP contribution in [-0.4, -0.2) is 51.8 Å². The second-order valence-corrected chi connectivity index (χ2v) is 5.09. The van der Waals surface area contributed by atoms with Gasteiger partial charge in [0.05, 0.1) is 0 Å². The van der Waals surface area contributed by atoms with Gasteiger partial charge in [0.25, 0.3) is 0 Å². The van der Waals surface area contributed by atoms with E-state index >= 15 is 0 Å². The third kappa shape index (κ3) is 14.4. The number of hydrogen-bond donors (Lipinski definition) is 1. The first-order chi connectivity index (χ1) is 9.76. The summed E-state index contributed by atoms with van der Waals surface area (Å²) in [5.41, 5.74) is 0. The molecular formula is C16H34IN3O. The molecular weight excluding hydrogens is 377 g/mol. The third-order valence-electron chi connectivity index (χ3n) is 3.28. The lowest BCUT2D eigenvalue weighted by Gasteiger charge is -2.22. The van der Waals surface area contributed by atoms with Crippen LogP contribution in [0.15, 0.2) is 17.6 Å². The minimum absolute atomic E-state index is 0. The summed E-state index contributed by atoms with van der Waals surface area (Å²) in [5.74, 6) is 1.00. The fraction of sp³-hybridized carbons (Fsp3) is 0.812. The minimum Gasteiger partial charge on any atom is -0.385 e. The van der Waals surface area contributed by atoms with Gasteiger partial charge in [0.1, 0.15) is 0 Å². The molecule has 0 bridgehead atoms. The smallest absolute Gasteiger partial charge is 0.193 e. The molecule has 4 nitrogen and oxygen atoms in total. The molecule has 0 amide bonds. The van der Waals surface area contributed by atoms with Gasteiger partial charge in [-0.25, -0.2) is 0 Å². The van der Waals surface area contributed by atoms with E-state index in [0.29, 0.717) is 0 Å². The molecule has 0 aromatic heterocycles. The SMILES string of the molecule is C=CCCCCCN(C)C(=NC)NCCCCCOC.I. The number of ether oxygens (including phenoxy) is 1. The van der Waals surface area contributed by atoms with Crippen LogP contribution in [0.1, 0.15) is 44.9 Å². The lowest BCUT2D eigenvalue weighted by Crippen LogP contribution is -2.39. The molecule has 0 aromatic rings. The maximum Gasteiger partial charge on any atom is 0.193 e. The Morgan fingerprint density at radius 2 is 1.90 bits per heavy atom. The number of nitrogens with one attached hydrogen (secondary N) is 1. The van der Waals surface area contributed by atoms with Gasteiger partial charge in [-0.3, -0.25) is 4.99 Å². The predicted molar refractivity (Wildman–Crippen MR) is 104 cm³/mol. The van der Waals surface area contributed by atoms with Gasteiger partial charge in [-0.2, -0.15) is 0 Å². The van der Waals surface area contributed by atoms with E-state index in [2.05, 4.69) is 28.8 Å². The van der Waals surface area contributed by atoms with Gasteiger partial charge in [0.15, 0.2) is 5.96 Å². The number of aliphatic imine (C=N–C) groups is 1. The monoisotopic (exact) mass is 411 g/mol. The number of halogens is 1. The van der Waals surface area contributed by atoms with Crippen LogP contribution in [0.25, 0.3) is 0 Å². The minimum atomic E-state index is 0. The maximum atomic E-state index is 5.04. The summed E-state index contributed by atoms with van der Waals surface area (Å²) in [6, 6.07) is 0. The summed E-state index contributed by atoms with van der Waals surface area (Å²) in [6.07, 6.45) is 10.3. The molecule has 126 valence electrons. The Morgan fingerprint density at radius 1 is 1.19 bits per heavy atom. The summed E-state index contributed by atoms with van der Waals surface area (Å²) in [6.45, 7) is 6.65. The van der Waals surface area contributed by atoms with Crippen LogP contribution in [0.5, 0.6) is 0 Å². The van der Waals surface area contributed by atoms with Crippen molar-refractivity contribution in [2.45, 2.75) is 44.9 Å². The Hall–Kier alpha value is -0.300. The Bertz CT molecular complexity index is 260. The second-order valence-electron chi connectivity index (χ2n) is 5.09. The molecule has 0 aliphatic heterocycles. The first kappa shape index (κ1) is 23.0. The molecule has 0 aromatic carbocycles. The van der Waals surface area contributed by atoms with Crippen molar-refractivity contribution >= 4 is 29.9 Å². The molecule has 5 heteroatoms. The fourth-order valence-corrected chi connectivity index (χ4v) is 2.05. The molecule has 0 saturated heterocycles. The highest BCUT2D eigenvalue weighted by molar-refractivity contribution is 14.0. The summed E-state index contributed by atoms with van der Waals surface area (Å²) in [4.78, 5) is 6.54. The van der Waals surface area contributed by atoms with Crippen molar-refractivity contribution in [3.63, 3.8) is 0 Å². The van der Waals surface area contributed by atoms with Crippen LogP contribution >= 0.6 is 24.0 Å². The number of unbranched alkanes of at least 4 members (excludes halogenated alkanes) is 5. The average Bonchev–Trinajstić information content (AvgIpc) is 2.46. The van der Waals surface area contributed by atoms with Gasteiger partial charge >= 0.3 is 0 Å². The molecule has 21 heavy (non-hydrogen) atoms. The zero-order chi connectivity index (χ0) is 15.1. The molecule has 0 rings (SSSR count). The van der Waals surface area contributed by atoms with E-state index in [1.165, 1.54) is 25.7 Å². The van der Waals surface area contributed by atoms with Crippen LogP contribution in [0.3, 0.4) is 0 Å². The van der Waals surface area contributed by atoms with Crippen molar-refractivity contribution in [2.24, 2.45) is 4.99 Å². The van der Waals surface area contributed by atoms with Crippen molar-refractivity contribution in [3.8, 4) is 0 Å². The molecule has 0 unspecified atom stereocenters. The Labute approximate surface area is 148 Å². The summed E-state index contributed by atoms with van der Waals surface area (Å²) in [5, 5.41) is 3.42. The van der Waals surface area contributed by atoms with Crippen LogP contribution in [0.2, 0.25) is 0 Å².